The fourth-order valence-corrected chi connectivity index (χ4v) is 2.99. The fraction of sp³-hybridized carbons (Fsp3) is 0.118. The summed E-state index contributed by atoms with van der Waals surface area (Å²) < 4.78 is 14.0. The third-order valence-corrected chi connectivity index (χ3v) is 4.28. The highest BCUT2D eigenvalue weighted by atomic mass is 19.1. The van der Waals surface area contributed by atoms with Crippen LogP contribution in [-0.4, -0.2) is 42.3 Å². The van der Waals surface area contributed by atoms with Gasteiger partial charge in [-0.2, -0.15) is 0 Å². The lowest BCUT2D eigenvalue weighted by atomic mass is 9.66. The minimum Gasteiger partial charge on any atom is -0.370 e. The summed E-state index contributed by atoms with van der Waals surface area (Å²) in [5, 5.41) is 0.888. The lowest BCUT2D eigenvalue weighted by molar-refractivity contribution is -0.117. The first-order chi connectivity index (χ1) is 11.8. The first-order valence-corrected chi connectivity index (χ1v) is 7.62. The second kappa shape index (κ2) is 6.51. The number of aromatic nitrogens is 1. The van der Waals surface area contributed by atoms with Gasteiger partial charge in [-0.25, -0.2) is 4.39 Å². The topological polar surface area (TPSA) is 58.9 Å². The van der Waals surface area contributed by atoms with Gasteiger partial charge in [0.1, 0.15) is 37.2 Å². The van der Waals surface area contributed by atoms with Crippen LogP contribution in [0.5, 0.6) is 0 Å². The molecule has 0 aliphatic rings. The van der Waals surface area contributed by atoms with Crippen molar-refractivity contribution in [2.24, 2.45) is 5.73 Å². The number of amides is 1. The number of hydrogen-bond donors (Lipinski definition) is 2. The van der Waals surface area contributed by atoms with E-state index in [0.29, 0.717) is 17.7 Å². The minimum atomic E-state index is -0.839. The Hall–Kier alpha value is -2.36. The average Bonchev–Trinajstić information content (AvgIpc) is 2.94. The van der Waals surface area contributed by atoms with E-state index in [9.17, 15) is 9.18 Å². The van der Waals surface area contributed by atoms with Gasteiger partial charge in [-0.05, 0) is 23.6 Å². The molecule has 8 heteroatoms. The number of para-hydroxylation sites is 1. The van der Waals surface area contributed by atoms with Gasteiger partial charge in [0.25, 0.3) is 0 Å². The molecule has 1 heterocycles. The van der Waals surface area contributed by atoms with Gasteiger partial charge < -0.3 is 10.7 Å². The predicted molar refractivity (Wildman–Crippen MR) is 103 cm³/mol. The summed E-state index contributed by atoms with van der Waals surface area (Å²) in [7, 11) is 23.5. The molecular weight excluding hydrogens is 310 g/mol. The van der Waals surface area contributed by atoms with Gasteiger partial charge in [0.15, 0.2) is 0 Å². The van der Waals surface area contributed by atoms with Crippen molar-refractivity contribution < 1.29 is 9.18 Å². The molecule has 3 rings (SSSR count). The first-order valence-electron chi connectivity index (χ1n) is 7.62. The van der Waals surface area contributed by atoms with Crippen molar-refractivity contribution >= 4 is 70.0 Å². The molecule has 0 bridgehead atoms. The number of primary amides is 1. The number of halogens is 1. The summed E-state index contributed by atoms with van der Waals surface area (Å²) in [5.74, 6) is -1.27. The molecule has 8 radical (unpaired) electrons. The number of nitrogens with one attached hydrogen (secondary N) is 1. The SMILES string of the molecule is [B]c1c([B])c(-c2[nH]c3ccccc3c2CCC(N)=O)c([B])c([B])c1F. The van der Waals surface area contributed by atoms with E-state index in [1.54, 1.807) is 0 Å². The van der Waals surface area contributed by atoms with E-state index in [2.05, 4.69) is 4.98 Å². The van der Waals surface area contributed by atoms with Crippen LogP contribution in [-0.2, 0) is 11.2 Å². The van der Waals surface area contributed by atoms with Crippen LogP contribution in [0.3, 0.4) is 0 Å². The summed E-state index contributed by atoms with van der Waals surface area (Å²) in [4.78, 5) is 14.5. The lowest BCUT2D eigenvalue weighted by Gasteiger charge is -2.19. The maximum atomic E-state index is 14.0. The largest absolute Gasteiger partial charge is 0.370 e. The molecule has 0 aliphatic heterocycles. The molecule has 1 aromatic heterocycles. The molecule has 0 unspecified atom stereocenters. The monoisotopic (exact) mass is 322 g/mol. The van der Waals surface area contributed by atoms with Gasteiger partial charge in [-0.3, -0.25) is 4.79 Å². The Morgan fingerprint density at radius 2 is 1.64 bits per heavy atom. The highest BCUT2D eigenvalue weighted by Gasteiger charge is 2.20. The van der Waals surface area contributed by atoms with Crippen LogP contribution >= 0.6 is 0 Å². The standard InChI is InChI=1S/C17H11B4FN2O/c18-12-11(13(19)15(21)16(22)14(12)20)17-8(5-6-10(23)25)7-3-1-2-4-9(7)24-17/h1-4,24H,5-6H2,(H2,23,25). The van der Waals surface area contributed by atoms with E-state index in [-0.39, 0.29) is 28.3 Å². The number of nitrogens with two attached hydrogens (primary N) is 1. The van der Waals surface area contributed by atoms with Gasteiger partial charge in [0.05, 0.1) is 0 Å². The van der Waals surface area contributed by atoms with Gasteiger partial charge in [-0.15, -0.1) is 0 Å². The molecule has 0 saturated heterocycles. The van der Waals surface area contributed by atoms with Crippen LogP contribution in [0.4, 0.5) is 4.39 Å². The van der Waals surface area contributed by atoms with Crippen LogP contribution in [0.25, 0.3) is 22.2 Å². The second-order valence-corrected chi connectivity index (χ2v) is 5.83. The Kier molecular flexibility index (Phi) is 4.54. The number of rotatable bonds is 4. The van der Waals surface area contributed by atoms with Gasteiger partial charge in [0, 0.05) is 23.0 Å². The number of H-pyrrole nitrogens is 1. The van der Waals surface area contributed by atoms with Crippen molar-refractivity contribution in [2.45, 2.75) is 12.8 Å². The number of aryl methyl sites for hydroxylation is 1. The molecule has 0 fully saturated rings. The predicted octanol–water partition coefficient (Wildman–Crippen LogP) is -1.43. The molecule has 25 heavy (non-hydrogen) atoms. The maximum absolute atomic E-state index is 14.0. The zero-order chi connectivity index (χ0) is 18.3. The van der Waals surface area contributed by atoms with Crippen LogP contribution in [0.2, 0.25) is 0 Å². The Morgan fingerprint density at radius 1 is 1.04 bits per heavy atom. The van der Waals surface area contributed by atoms with Crippen molar-refractivity contribution in [3.63, 3.8) is 0 Å². The number of fused-ring (bicyclic) bond motifs is 1. The van der Waals surface area contributed by atoms with E-state index in [1.165, 1.54) is 0 Å². The zero-order valence-corrected chi connectivity index (χ0v) is 13.4. The molecule has 114 valence electrons. The number of carbonyl (C=O) groups is 1. The van der Waals surface area contributed by atoms with Crippen LogP contribution in [0.15, 0.2) is 24.3 Å². The van der Waals surface area contributed by atoms with Crippen LogP contribution in [0, 0.1) is 5.82 Å². The summed E-state index contributed by atoms with van der Waals surface area (Å²) >= 11 is 0. The molecule has 0 aliphatic carbocycles. The third-order valence-electron chi connectivity index (χ3n) is 4.28. The van der Waals surface area contributed by atoms with Crippen molar-refractivity contribution in [3.8, 4) is 11.3 Å². The highest BCUT2D eigenvalue weighted by Crippen LogP contribution is 2.29. The Balaban J connectivity index is 2.33. The van der Waals surface area contributed by atoms with Gasteiger partial charge >= 0.3 is 0 Å². The molecule has 2 aromatic carbocycles. The summed E-state index contributed by atoms with van der Waals surface area (Å²) in [6, 6.07) is 7.50. The van der Waals surface area contributed by atoms with Crippen molar-refractivity contribution in [3.05, 3.63) is 35.6 Å². The Morgan fingerprint density at radius 3 is 2.24 bits per heavy atom. The van der Waals surface area contributed by atoms with Gasteiger partial charge in [0.2, 0.25) is 5.91 Å². The normalized spacial score (nSPS) is 11.1. The third kappa shape index (κ3) is 2.90. The van der Waals surface area contributed by atoms with Crippen molar-refractivity contribution in [1.29, 1.82) is 0 Å². The summed E-state index contributed by atoms with van der Waals surface area (Å²) in [6.45, 7) is 0. The van der Waals surface area contributed by atoms with Gasteiger partial charge in [-0.1, -0.05) is 40.1 Å². The quantitative estimate of drug-likeness (QED) is 0.569. The van der Waals surface area contributed by atoms with E-state index in [0.717, 1.165) is 16.5 Å². The molecule has 3 aromatic rings. The number of aromatic amines is 1. The van der Waals surface area contributed by atoms with E-state index in [1.807, 2.05) is 24.3 Å². The second-order valence-electron chi connectivity index (χ2n) is 5.83. The van der Waals surface area contributed by atoms with E-state index in [4.69, 9.17) is 37.1 Å². The average molecular weight is 322 g/mol. The van der Waals surface area contributed by atoms with E-state index < -0.39 is 11.7 Å². The van der Waals surface area contributed by atoms with Crippen molar-refractivity contribution in [1.82, 2.24) is 4.98 Å². The number of hydrogen-bond acceptors (Lipinski definition) is 1. The van der Waals surface area contributed by atoms with Crippen LogP contribution < -0.4 is 27.6 Å². The number of benzene rings is 2. The molecule has 3 nitrogen and oxygen atoms in total. The van der Waals surface area contributed by atoms with Crippen molar-refractivity contribution in [2.75, 3.05) is 0 Å². The maximum Gasteiger partial charge on any atom is 0.217 e. The minimum absolute atomic E-state index is 0.00363. The molecule has 1 amide bonds. The smallest absolute Gasteiger partial charge is 0.217 e. The highest BCUT2D eigenvalue weighted by molar-refractivity contribution is 6.59. The Bertz CT molecular complexity index is 971. The van der Waals surface area contributed by atoms with Crippen LogP contribution in [0.1, 0.15) is 12.0 Å². The molecule has 0 spiro atoms. The first kappa shape index (κ1) is 17.5. The molecule has 3 N–H and O–H groups in total. The summed E-state index contributed by atoms with van der Waals surface area (Å²) in [6.07, 6.45) is 0.506. The lowest BCUT2D eigenvalue weighted by Crippen LogP contribution is -2.46. The number of carbonyl (C=O) groups excluding carboxylic acids is 1. The molecular formula is C17H11B4FN2O. The fourth-order valence-electron chi connectivity index (χ4n) is 2.99. The Labute approximate surface area is 150 Å². The van der Waals surface area contributed by atoms with E-state index >= 15 is 0 Å². The zero-order valence-electron chi connectivity index (χ0n) is 13.4. The summed E-state index contributed by atoms with van der Waals surface area (Å²) in [5.41, 5.74) is 7.23. The molecule has 0 atom stereocenters. The molecule has 0 saturated carbocycles.